The molecule has 0 amide bonds. The Bertz CT molecular complexity index is 1740. The van der Waals surface area contributed by atoms with E-state index < -0.39 is 32.5 Å². The Hall–Kier alpha value is -3.59. The first-order valence-electron chi connectivity index (χ1n) is 33.0. The van der Waals surface area contributed by atoms with Crippen LogP contribution in [0.3, 0.4) is 0 Å². The van der Waals surface area contributed by atoms with Crippen molar-refractivity contribution in [1.82, 2.24) is 0 Å². The lowest BCUT2D eigenvalue weighted by Crippen LogP contribution is -2.29. The summed E-state index contributed by atoms with van der Waals surface area (Å²) in [7, 11) is -4.40. The van der Waals surface area contributed by atoms with Gasteiger partial charge in [-0.2, -0.15) is 0 Å². The van der Waals surface area contributed by atoms with Crippen LogP contribution in [-0.4, -0.2) is 49.3 Å². The van der Waals surface area contributed by atoms with Gasteiger partial charge in [0.1, 0.15) is 6.61 Å². The van der Waals surface area contributed by atoms with Gasteiger partial charge in [-0.1, -0.05) is 289 Å². The Morgan fingerprint density at radius 3 is 0.951 bits per heavy atom. The van der Waals surface area contributed by atoms with Crippen LogP contribution in [0, 0.1) is 0 Å². The Labute approximate surface area is 498 Å². The van der Waals surface area contributed by atoms with Crippen molar-refractivity contribution in [2.45, 2.75) is 290 Å². The molecule has 81 heavy (non-hydrogen) atoms. The zero-order valence-corrected chi connectivity index (χ0v) is 52.9. The van der Waals surface area contributed by atoms with E-state index in [9.17, 15) is 19.0 Å². The lowest BCUT2D eigenvalue weighted by atomic mass is 10.0. The van der Waals surface area contributed by atoms with Crippen LogP contribution >= 0.6 is 7.82 Å². The van der Waals surface area contributed by atoms with E-state index in [2.05, 4.69) is 135 Å². The number of unbranched alkanes of at least 4 members (excludes halogenated alkanes) is 28. The predicted molar refractivity (Wildman–Crippen MR) is 348 cm³/mol. The fourth-order valence-corrected chi connectivity index (χ4v) is 9.81. The number of hydrogen-bond acceptors (Lipinski definition) is 8. The van der Waals surface area contributed by atoms with Crippen molar-refractivity contribution in [3.05, 3.63) is 122 Å². The molecule has 0 aliphatic rings. The smallest absolute Gasteiger partial charge is 0.462 e. The molecular formula is C71H122NO8P. The molecule has 0 bridgehead atoms. The van der Waals surface area contributed by atoms with Gasteiger partial charge in [0.15, 0.2) is 6.10 Å². The number of phosphoric acid groups is 1. The molecule has 0 radical (unpaired) electrons. The van der Waals surface area contributed by atoms with Gasteiger partial charge in [-0.15, -0.1) is 0 Å². The first-order valence-corrected chi connectivity index (χ1v) is 34.5. The van der Waals surface area contributed by atoms with E-state index in [1.807, 2.05) is 0 Å². The minimum atomic E-state index is -4.40. The van der Waals surface area contributed by atoms with Gasteiger partial charge in [-0.05, 0) is 103 Å². The fraction of sp³-hybridized carbons (Fsp3) is 0.690. The highest BCUT2D eigenvalue weighted by atomic mass is 31.2. The first-order chi connectivity index (χ1) is 39.8. The maximum absolute atomic E-state index is 12.7. The molecule has 0 aromatic carbocycles. The average Bonchev–Trinajstić information content (AvgIpc) is 3.46. The summed E-state index contributed by atoms with van der Waals surface area (Å²) in [6, 6.07) is 0. The number of rotatable bonds is 61. The summed E-state index contributed by atoms with van der Waals surface area (Å²) >= 11 is 0. The molecule has 0 aliphatic carbocycles. The zero-order chi connectivity index (χ0) is 58.7. The van der Waals surface area contributed by atoms with Gasteiger partial charge in [0.05, 0.1) is 13.2 Å². The SMILES string of the molecule is CC/C=C\C/C=C\C/C=C\C/C=C\C/C=C\CCCCCCCCCCCCCCCCCCCCCCCCCC(=O)OC(COC(=O)CCCCCCC/C=C\C/C=C\C/C=C\C/C=C\C/C=C\CC)COP(=O)(O)OCCN. The molecule has 0 spiro atoms. The normalized spacial score (nSPS) is 13.8. The van der Waals surface area contributed by atoms with E-state index in [1.165, 1.54) is 128 Å². The number of ether oxygens (including phenoxy) is 2. The van der Waals surface area contributed by atoms with Crippen LogP contribution < -0.4 is 5.73 Å². The van der Waals surface area contributed by atoms with E-state index in [4.69, 9.17) is 24.3 Å². The molecule has 2 atom stereocenters. The molecule has 0 fully saturated rings. The summed E-state index contributed by atoms with van der Waals surface area (Å²) in [5.41, 5.74) is 5.39. The van der Waals surface area contributed by atoms with Gasteiger partial charge in [0.2, 0.25) is 0 Å². The lowest BCUT2D eigenvalue weighted by Gasteiger charge is -2.19. The molecule has 0 aliphatic heterocycles. The second-order valence-corrected chi connectivity index (χ2v) is 23.0. The monoisotopic (exact) mass is 1150 g/mol. The Morgan fingerprint density at radius 2 is 0.642 bits per heavy atom. The molecule has 9 nitrogen and oxygen atoms in total. The largest absolute Gasteiger partial charge is 0.472 e. The molecule has 0 heterocycles. The number of carbonyl (C=O) groups excluding carboxylic acids is 2. The minimum absolute atomic E-state index is 0.0466. The lowest BCUT2D eigenvalue weighted by molar-refractivity contribution is -0.161. The second-order valence-electron chi connectivity index (χ2n) is 21.6. The van der Waals surface area contributed by atoms with Gasteiger partial charge < -0.3 is 20.1 Å². The summed E-state index contributed by atoms with van der Waals surface area (Å²) in [6.45, 7) is 3.51. The summed E-state index contributed by atoms with van der Waals surface area (Å²) in [5, 5.41) is 0. The van der Waals surface area contributed by atoms with Gasteiger partial charge in [0, 0.05) is 19.4 Å². The second kappa shape index (κ2) is 65.6. The van der Waals surface area contributed by atoms with E-state index >= 15 is 0 Å². The molecule has 0 saturated carbocycles. The molecule has 0 rings (SSSR count). The molecule has 464 valence electrons. The van der Waals surface area contributed by atoms with Gasteiger partial charge in [-0.3, -0.25) is 18.6 Å². The van der Waals surface area contributed by atoms with Gasteiger partial charge in [0.25, 0.3) is 0 Å². The highest BCUT2D eigenvalue weighted by Crippen LogP contribution is 2.43. The number of carbonyl (C=O) groups is 2. The molecule has 0 saturated heterocycles. The Kier molecular flexibility index (Phi) is 62.7. The van der Waals surface area contributed by atoms with Crippen molar-refractivity contribution in [2.24, 2.45) is 5.73 Å². The van der Waals surface area contributed by atoms with Crippen molar-refractivity contribution in [3.8, 4) is 0 Å². The predicted octanol–water partition coefficient (Wildman–Crippen LogP) is 21.5. The molecular weight excluding hydrogens is 1030 g/mol. The summed E-state index contributed by atoms with van der Waals surface area (Å²) in [6.07, 6.45) is 91.5. The summed E-state index contributed by atoms with van der Waals surface area (Å²) in [4.78, 5) is 35.3. The molecule has 0 aromatic heterocycles. The number of hydrogen-bond donors (Lipinski definition) is 2. The van der Waals surface area contributed by atoms with E-state index in [1.54, 1.807) is 0 Å². The van der Waals surface area contributed by atoms with Gasteiger partial charge >= 0.3 is 19.8 Å². The van der Waals surface area contributed by atoms with Crippen molar-refractivity contribution in [2.75, 3.05) is 26.4 Å². The summed E-state index contributed by atoms with van der Waals surface area (Å²) < 4.78 is 33.1. The van der Waals surface area contributed by atoms with Crippen molar-refractivity contribution < 1.29 is 37.6 Å². The quantitative estimate of drug-likeness (QED) is 0.0264. The van der Waals surface area contributed by atoms with Crippen LogP contribution in [-0.2, 0) is 32.7 Å². The Morgan fingerprint density at radius 1 is 0.370 bits per heavy atom. The molecule has 3 N–H and O–H groups in total. The third-order valence-electron chi connectivity index (χ3n) is 13.8. The van der Waals surface area contributed by atoms with Crippen LogP contribution in [0.2, 0.25) is 0 Å². The van der Waals surface area contributed by atoms with Crippen LogP contribution in [0.1, 0.15) is 284 Å². The van der Waals surface area contributed by atoms with Crippen LogP contribution in [0.25, 0.3) is 0 Å². The van der Waals surface area contributed by atoms with Gasteiger partial charge in [-0.25, -0.2) is 4.57 Å². The van der Waals surface area contributed by atoms with Crippen LogP contribution in [0.4, 0.5) is 0 Å². The topological polar surface area (TPSA) is 134 Å². The van der Waals surface area contributed by atoms with Crippen molar-refractivity contribution in [3.63, 3.8) is 0 Å². The van der Waals surface area contributed by atoms with Crippen LogP contribution in [0.15, 0.2) is 122 Å². The zero-order valence-electron chi connectivity index (χ0n) is 52.0. The first kappa shape index (κ1) is 77.4. The van der Waals surface area contributed by atoms with Crippen molar-refractivity contribution >= 4 is 19.8 Å². The van der Waals surface area contributed by atoms with Crippen LogP contribution in [0.5, 0.6) is 0 Å². The maximum Gasteiger partial charge on any atom is 0.472 e. The number of nitrogens with two attached hydrogens (primary N) is 1. The third kappa shape index (κ3) is 65.4. The minimum Gasteiger partial charge on any atom is -0.462 e. The highest BCUT2D eigenvalue weighted by Gasteiger charge is 2.26. The number of allylic oxidation sites excluding steroid dienone is 20. The molecule has 0 aromatic rings. The standard InChI is InChI=1S/C71H122NO8P/c1-3-5-7-9-11-13-15-17-19-21-23-25-26-27-28-29-30-31-32-33-34-35-36-37-38-39-40-41-42-44-46-48-50-52-54-56-58-60-62-64-71(74)80-69(68-79-81(75,76)78-66-65-72)67-77-70(73)63-61-59-57-55-53-51-49-47-45-43-24-22-20-18-16-14-12-10-8-6-4-2/h5-8,11-14,17-20,23-25,27-28,43,47,49,69H,3-4,9-10,15-16,21-22,26,29-42,44-46,48,50-68,72H2,1-2H3,(H,75,76)/b7-5-,8-6-,13-11-,14-12-,19-17-,20-18-,25-23-,28-27-,43-24-,49-47-. The van der Waals surface area contributed by atoms with E-state index in [-0.39, 0.29) is 32.6 Å². The fourth-order valence-electron chi connectivity index (χ4n) is 9.04. The Balaban J connectivity index is 3.86. The molecule has 2 unspecified atom stereocenters. The number of esters is 2. The average molecular weight is 1150 g/mol. The number of phosphoric ester groups is 1. The summed E-state index contributed by atoms with van der Waals surface area (Å²) in [5.74, 6) is -0.846. The highest BCUT2D eigenvalue weighted by molar-refractivity contribution is 7.47. The third-order valence-corrected chi connectivity index (χ3v) is 14.8. The van der Waals surface area contributed by atoms with Crippen molar-refractivity contribution in [1.29, 1.82) is 0 Å². The van der Waals surface area contributed by atoms with E-state index in [0.29, 0.717) is 12.8 Å². The maximum atomic E-state index is 12.7. The molecule has 10 heteroatoms. The van der Waals surface area contributed by atoms with E-state index in [0.717, 1.165) is 116 Å².